The minimum atomic E-state index is 0.768. The summed E-state index contributed by atoms with van der Waals surface area (Å²) in [7, 11) is 0. The van der Waals surface area contributed by atoms with Gasteiger partial charge in [0.05, 0.1) is 5.52 Å². The van der Waals surface area contributed by atoms with Gasteiger partial charge in [-0.3, -0.25) is 4.98 Å². The predicted octanol–water partition coefficient (Wildman–Crippen LogP) is 3.73. The average molecular weight is 281 g/mol. The molecule has 0 aliphatic carbocycles. The molecule has 0 atom stereocenters. The van der Waals surface area contributed by atoms with Crippen molar-refractivity contribution in [2.45, 2.75) is 13.0 Å². The summed E-state index contributed by atoms with van der Waals surface area (Å²) in [6, 6.07) is 7.94. The van der Waals surface area contributed by atoms with Crippen LogP contribution in [0.25, 0.3) is 10.9 Å². The number of thioether (sulfide) groups is 1. The minimum Gasteiger partial charge on any atom is -0.313 e. The third-order valence-corrected chi connectivity index (χ3v) is 3.84. The van der Waals surface area contributed by atoms with E-state index in [1.54, 1.807) is 0 Å². The molecule has 0 radical (unpaired) electrons. The largest absolute Gasteiger partial charge is 0.313 e. The van der Waals surface area contributed by atoms with Gasteiger partial charge in [0, 0.05) is 23.2 Å². The van der Waals surface area contributed by atoms with E-state index < -0.39 is 0 Å². The number of hydrogen-bond acceptors (Lipinski definition) is 3. The highest BCUT2D eigenvalue weighted by atomic mass is 35.5. The molecule has 2 nitrogen and oxygen atoms in total. The quantitative estimate of drug-likeness (QED) is 0.816. The summed E-state index contributed by atoms with van der Waals surface area (Å²) in [5.74, 6) is 1.20. The number of pyridine rings is 1. The molecule has 0 aliphatic heterocycles. The minimum absolute atomic E-state index is 0.768. The Hall–Kier alpha value is -0.770. The Bertz CT molecular complexity index is 516. The molecule has 1 aromatic carbocycles. The Morgan fingerprint density at radius 3 is 3.06 bits per heavy atom. The van der Waals surface area contributed by atoms with Crippen molar-refractivity contribution in [2.75, 3.05) is 18.6 Å². The zero-order valence-corrected chi connectivity index (χ0v) is 12.0. The van der Waals surface area contributed by atoms with Crippen LogP contribution in [-0.2, 0) is 6.54 Å². The van der Waals surface area contributed by atoms with Gasteiger partial charge in [-0.15, -0.1) is 0 Å². The summed E-state index contributed by atoms with van der Waals surface area (Å²) >= 11 is 8.05. The Morgan fingerprint density at radius 1 is 1.33 bits per heavy atom. The second kappa shape index (κ2) is 6.98. The lowest BCUT2D eigenvalue weighted by atomic mass is 10.1. The van der Waals surface area contributed by atoms with Gasteiger partial charge in [-0.25, -0.2) is 0 Å². The first-order chi connectivity index (χ1) is 8.83. The Balaban J connectivity index is 2.07. The van der Waals surface area contributed by atoms with Crippen LogP contribution in [0.5, 0.6) is 0 Å². The van der Waals surface area contributed by atoms with E-state index in [1.807, 2.05) is 36.2 Å². The van der Waals surface area contributed by atoms with Gasteiger partial charge >= 0.3 is 0 Å². The molecular weight excluding hydrogens is 264 g/mol. The van der Waals surface area contributed by atoms with Crippen LogP contribution < -0.4 is 5.32 Å². The zero-order valence-electron chi connectivity index (χ0n) is 10.4. The molecule has 96 valence electrons. The van der Waals surface area contributed by atoms with Crippen molar-refractivity contribution in [3.63, 3.8) is 0 Å². The standard InChI is InChI=1S/C14H17ClN2S/c1-18-9-3-7-16-10-11-5-6-13(15)12-4-2-8-17-14(11)12/h2,4-6,8,16H,3,7,9-10H2,1H3. The monoisotopic (exact) mass is 280 g/mol. The predicted molar refractivity (Wildman–Crippen MR) is 81.5 cm³/mol. The SMILES string of the molecule is CSCCCNCc1ccc(Cl)c2cccnc12. The van der Waals surface area contributed by atoms with E-state index in [0.717, 1.165) is 29.0 Å². The second-order valence-corrected chi connectivity index (χ2v) is 5.52. The molecule has 0 bridgehead atoms. The number of aromatic nitrogens is 1. The van der Waals surface area contributed by atoms with Crippen LogP contribution in [0, 0.1) is 0 Å². The van der Waals surface area contributed by atoms with Crippen molar-refractivity contribution in [1.82, 2.24) is 10.3 Å². The maximum atomic E-state index is 6.17. The number of rotatable bonds is 6. The van der Waals surface area contributed by atoms with E-state index in [9.17, 15) is 0 Å². The van der Waals surface area contributed by atoms with Gasteiger partial charge in [0.15, 0.2) is 0 Å². The molecule has 1 heterocycles. The number of nitrogens with zero attached hydrogens (tertiary/aromatic N) is 1. The number of fused-ring (bicyclic) bond motifs is 1. The van der Waals surface area contributed by atoms with Crippen LogP contribution in [0.1, 0.15) is 12.0 Å². The molecule has 1 aromatic heterocycles. The van der Waals surface area contributed by atoms with Crippen LogP contribution in [0.3, 0.4) is 0 Å². The van der Waals surface area contributed by atoms with Gasteiger partial charge in [0.25, 0.3) is 0 Å². The Morgan fingerprint density at radius 2 is 2.22 bits per heavy atom. The van der Waals surface area contributed by atoms with Crippen LogP contribution in [0.4, 0.5) is 0 Å². The van der Waals surface area contributed by atoms with Crippen molar-refractivity contribution in [2.24, 2.45) is 0 Å². The fourth-order valence-corrected chi connectivity index (χ4v) is 2.55. The fraction of sp³-hybridized carbons (Fsp3) is 0.357. The van der Waals surface area contributed by atoms with E-state index in [1.165, 1.54) is 17.7 Å². The smallest absolute Gasteiger partial charge is 0.0761 e. The summed E-state index contributed by atoms with van der Waals surface area (Å²) in [5.41, 5.74) is 2.21. The van der Waals surface area contributed by atoms with Gasteiger partial charge in [-0.2, -0.15) is 11.8 Å². The van der Waals surface area contributed by atoms with E-state index in [2.05, 4.69) is 22.6 Å². The number of benzene rings is 1. The highest BCUT2D eigenvalue weighted by Gasteiger charge is 2.04. The summed E-state index contributed by atoms with van der Waals surface area (Å²) in [4.78, 5) is 4.43. The molecule has 0 fully saturated rings. The first-order valence-electron chi connectivity index (χ1n) is 6.04. The molecule has 4 heteroatoms. The highest BCUT2D eigenvalue weighted by molar-refractivity contribution is 7.98. The number of halogens is 1. The van der Waals surface area contributed by atoms with Gasteiger partial charge < -0.3 is 5.32 Å². The maximum absolute atomic E-state index is 6.17. The number of hydrogen-bond donors (Lipinski definition) is 1. The zero-order chi connectivity index (χ0) is 12.8. The van der Waals surface area contributed by atoms with Crippen molar-refractivity contribution in [3.05, 3.63) is 41.0 Å². The van der Waals surface area contributed by atoms with Gasteiger partial charge in [0.2, 0.25) is 0 Å². The molecule has 0 saturated carbocycles. The Kier molecular flexibility index (Phi) is 5.29. The van der Waals surface area contributed by atoms with E-state index in [4.69, 9.17) is 11.6 Å². The first-order valence-corrected chi connectivity index (χ1v) is 7.82. The van der Waals surface area contributed by atoms with Crippen LogP contribution in [-0.4, -0.2) is 23.5 Å². The van der Waals surface area contributed by atoms with E-state index >= 15 is 0 Å². The lowest BCUT2D eigenvalue weighted by molar-refractivity contribution is 0.681. The van der Waals surface area contributed by atoms with Crippen molar-refractivity contribution in [1.29, 1.82) is 0 Å². The Labute approximate surface area is 117 Å². The van der Waals surface area contributed by atoms with Gasteiger partial charge in [-0.1, -0.05) is 17.7 Å². The summed E-state index contributed by atoms with van der Waals surface area (Å²) in [6.45, 7) is 1.89. The molecule has 2 rings (SSSR count). The number of nitrogens with one attached hydrogen (secondary N) is 1. The molecule has 18 heavy (non-hydrogen) atoms. The van der Waals surface area contributed by atoms with Gasteiger partial charge in [-0.05, 0) is 48.7 Å². The van der Waals surface area contributed by atoms with Crippen molar-refractivity contribution in [3.8, 4) is 0 Å². The van der Waals surface area contributed by atoms with Crippen molar-refractivity contribution >= 4 is 34.3 Å². The van der Waals surface area contributed by atoms with E-state index in [0.29, 0.717) is 0 Å². The maximum Gasteiger partial charge on any atom is 0.0761 e. The molecule has 1 N–H and O–H groups in total. The second-order valence-electron chi connectivity index (χ2n) is 4.13. The highest BCUT2D eigenvalue weighted by Crippen LogP contribution is 2.24. The fourth-order valence-electron chi connectivity index (χ4n) is 1.90. The van der Waals surface area contributed by atoms with Crippen LogP contribution in [0.2, 0.25) is 5.02 Å². The summed E-state index contributed by atoms with van der Waals surface area (Å²) in [6.07, 6.45) is 5.15. The van der Waals surface area contributed by atoms with Crippen LogP contribution in [0.15, 0.2) is 30.5 Å². The van der Waals surface area contributed by atoms with E-state index in [-0.39, 0.29) is 0 Å². The molecule has 0 saturated heterocycles. The molecule has 0 unspecified atom stereocenters. The molecule has 2 aromatic rings. The van der Waals surface area contributed by atoms with Gasteiger partial charge in [0.1, 0.15) is 0 Å². The third-order valence-electron chi connectivity index (χ3n) is 2.82. The molecule has 0 spiro atoms. The normalized spacial score (nSPS) is 11.0. The lowest BCUT2D eigenvalue weighted by Gasteiger charge is -2.08. The first kappa shape index (κ1) is 13.7. The van der Waals surface area contributed by atoms with Crippen molar-refractivity contribution < 1.29 is 0 Å². The summed E-state index contributed by atoms with van der Waals surface area (Å²) in [5, 5.41) is 5.25. The average Bonchev–Trinajstić information content (AvgIpc) is 2.41. The summed E-state index contributed by atoms with van der Waals surface area (Å²) < 4.78 is 0. The lowest BCUT2D eigenvalue weighted by Crippen LogP contribution is -2.15. The third kappa shape index (κ3) is 3.37. The molecule has 0 aliphatic rings. The molecular formula is C14H17ClN2S. The van der Waals surface area contributed by atoms with Crippen LogP contribution >= 0.6 is 23.4 Å². The molecule has 0 amide bonds. The topological polar surface area (TPSA) is 24.9 Å².